The summed E-state index contributed by atoms with van der Waals surface area (Å²) >= 11 is 5.19. The van der Waals surface area contributed by atoms with Gasteiger partial charge in [-0.2, -0.15) is 0 Å². The van der Waals surface area contributed by atoms with Crippen molar-refractivity contribution in [2.75, 3.05) is 0 Å². The molecule has 0 aliphatic rings. The van der Waals surface area contributed by atoms with Crippen molar-refractivity contribution in [3.05, 3.63) is 16.7 Å². The average Bonchev–Trinajstić information content (AvgIpc) is 2.35. The highest BCUT2D eigenvalue weighted by atomic mass is 32.1. The Kier molecular flexibility index (Phi) is 3.31. The molecule has 0 saturated carbocycles. The summed E-state index contributed by atoms with van der Waals surface area (Å²) in [4.78, 5) is 3.06. The van der Waals surface area contributed by atoms with Crippen LogP contribution in [-0.4, -0.2) is 9.55 Å². The van der Waals surface area contributed by atoms with E-state index in [9.17, 15) is 0 Å². The Morgan fingerprint density at radius 2 is 2.08 bits per heavy atom. The summed E-state index contributed by atoms with van der Waals surface area (Å²) < 4.78 is 3.00. The Morgan fingerprint density at radius 3 is 2.46 bits per heavy atom. The molecule has 13 heavy (non-hydrogen) atoms. The van der Waals surface area contributed by atoms with Crippen LogP contribution in [0.25, 0.3) is 0 Å². The van der Waals surface area contributed by atoms with Gasteiger partial charge in [-0.15, -0.1) is 0 Å². The molecule has 1 unspecified atom stereocenters. The molecule has 1 N–H and O–H groups in total. The molecule has 0 aliphatic carbocycles. The number of nitrogens with one attached hydrogen (secondary N) is 1. The third-order valence-corrected chi connectivity index (χ3v) is 3.02. The van der Waals surface area contributed by atoms with E-state index in [2.05, 4.69) is 37.2 Å². The summed E-state index contributed by atoms with van der Waals surface area (Å²) in [6.45, 7) is 9.86. The summed E-state index contributed by atoms with van der Waals surface area (Å²) in [6, 6.07) is 0. The number of hydrogen-bond acceptors (Lipinski definition) is 1. The van der Waals surface area contributed by atoms with E-state index in [1.54, 1.807) is 0 Å². The first-order valence-corrected chi connectivity index (χ1v) is 5.18. The SMILES string of the molecule is Cc1c[nH]c(=S)n1CC(C)C(C)C. The molecule has 1 rings (SSSR count). The van der Waals surface area contributed by atoms with Crippen LogP contribution in [0.15, 0.2) is 6.20 Å². The number of aromatic amines is 1. The highest BCUT2D eigenvalue weighted by Crippen LogP contribution is 2.13. The fraction of sp³-hybridized carbons (Fsp3) is 0.700. The van der Waals surface area contributed by atoms with Crippen LogP contribution in [0.3, 0.4) is 0 Å². The standard InChI is InChI=1S/C10H18N2S/c1-7(2)8(3)6-12-9(4)5-11-10(12)13/h5,7-8H,6H2,1-4H3,(H,11,13). The Morgan fingerprint density at radius 1 is 1.46 bits per heavy atom. The maximum atomic E-state index is 5.19. The predicted octanol–water partition coefficient (Wildman–Crippen LogP) is 3.15. The van der Waals surface area contributed by atoms with Crippen LogP contribution in [0.5, 0.6) is 0 Å². The molecule has 0 bridgehead atoms. The molecule has 0 fully saturated rings. The molecule has 0 spiro atoms. The van der Waals surface area contributed by atoms with Gasteiger partial charge in [0.25, 0.3) is 0 Å². The van der Waals surface area contributed by atoms with Crippen molar-refractivity contribution < 1.29 is 0 Å². The lowest BCUT2D eigenvalue weighted by molar-refractivity contribution is 0.360. The van der Waals surface area contributed by atoms with E-state index in [4.69, 9.17) is 12.2 Å². The van der Waals surface area contributed by atoms with Crippen LogP contribution in [0.4, 0.5) is 0 Å². The van der Waals surface area contributed by atoms with Gasteiger partial charge in [0, 0.05) is 18.4 Å². The molecule has 1 heterocycles. The zero-order valence-electron chi connectivity index (χ0n) is 8.79. The molecular formula is C10H18N2S. The van der Waals surface area contributed by atoms with E-state index in [0.717, 1.165) is 11.3 Å². The van der Waals surface area contributed by atoms with Crippen molar-refractivity contribution in [3.63, 3.8) is 0 Å². The Hall–Kier alpha value is -0.570. The van der Waals surface area contributed by atoms with Gasteiger partial charge in [0.05, 0.1) is 0 Å². The second kappa shape index (κ2) is 4.09. The normalized spacial score (nSPS) is 13.6. The smallest absolute Gasteiger partial charge is 0.177 e. The minimum Gasteiger partial charge on any atom is -0.337 e. The average molecular weight is 198 g/mol. The number of aromatic nitrogens is 2. The van der Waals surface area contributed by atoms with Crippen LogP contribution >= 0.6 is 12.2 Å². The van der Waals surface area contributed by atoms with Crippen molar-refractivity contribution in [2.45, 2.75) is 34.2 Å². The van der Waals surface area contributed by atoms with Gasteiger partial charge in [-0.3, -0.25) is 0 Å². The van der Waals surface area contributed by atoms with Gasteiger partial charge in [0.2, 0.25) is 0 Å². The molecule has 0 radical (unpaired) electrons. The third kappa shape index (κ3) is 2.44. The second-order valence-corrected chi connectivity index (χ2v) is 4.45. The first kappa shape index (κ1) is 10.5. The lowest BCUT2D eigenvalue weighted by Crippen LogP contribution is -2.13. The minimum atomic E-state index is 0.668. The maximum absolute atomic E-state index is 5.19. The summed E-state index contributed by atoms with van der Waals surface area (Å²) in [7, 11) is 0. The molecule has 2 nitrogen and oxygen atoms in total. The van der Waals surface area contributed by atoms with E-state index in [1.165, 1.54) is 5.69 Å². The van der Waals surface area contributed by atoms with Crippen LogP contribution in [0.1, 0.15) is 26.5 Å². The van der Waals surface area contributed by atoms with Crippen molar-refractivity contribution in [2.24, 2.45) is 11.8 Å². The van der Waals surface area contributed by atoms with Crippen LogP contribution in [0.2, 0.25) is 0 Å². The first-order valence-electron chi connectivity index (χ1n) is 4.77. The van der Waals surface area contributed by atoms with Gasteiger partial charge in [-0.25, -0.2) is 0 Å². The van der Waals surface area contributed by atoms with Crippen LogP contribution < -0.4 is 0 Å². The van der Waals surface area contributed by atoms with Crippen LogP contribution in [-0.2, 0) is 6.54 Å². The Labute approximate surface area is 85.0 Å². The molecule has 74 valence electrons. The van der Waals surface area contributed by atoms with Crippen molar-refractivity contribution in [3.8, 4) is 0 Å². The van der Waals surface area contributed by atoms with Gasteiger partial charge in [0.15, 0.2) is 4.77 Å². The summed E-state index contributed by atoms with van der Waals surface area (Å²) in [6.07, 6.45) is 1.97. The van der Waals surface area contributed by atoms with Crippen molar-refractivity contribution in [1.29, 1.82) is 0 Å². The van der Waals surface area contributed by atoms with E-state index in [1.807, 2.05) is 6.20 Å². The summed E-state index contributed by atoms with van der Waals surface area (Å²) in [5.74, 6) is 1.37. The van der Waals surface area contributed by atoms with Gasteiger partial charge >= 0.3 is 0 Å². The fourth-order valence-corrected chi connectivity index (χ4v) is 1.49. The Bertz CT molecular complexity index is 322. The maximum Gasteiger partial charge on any atom is 0.177 e. The monoisotopic (exact) mass is 198 g/mol. The third-order valence-electron chi connectivity index (χ3n) is 2.68. The quantitative estimate of drug-likeness (QED) is 0.740. The number of imidazole rings is 1. The molecule has 1 atom stereocenters. The van der Waals surface area contributed by atoms with Gasteiger partial charge < -0.3 is 9.55 Å². The van der Waals surface area contributed by atoms with E-state index in [-0.39, 0.29) is 0 Å². The highest BCUT2D eigenvalue weighted by molar-refractivity contribution is 7.71. The molecule has 1 aromatic heterocycles. The fourth-order valence-electron chi connectivity index (χ4n) is 1.21. The first-order chi connectivity index (χ1) is 6.02. The highest BCUT2D eigenvalue weighted by Gasteiger charge is 2.09. The number of nitrogens with zero attached hydrogens (tertiary/aromatic N) is 1. The molecule has 0 amide bonds. The second-order valence-electron chi connectivity index (χ2n) is 4.07. The summed E-state index contributed by atoms with van der Waals surface area (Å²) in [5.41, 5.74) is 1.22. The number of hydrogen-bond donors (Lipinski definition) is 1. The number of aryl methyl sites for hydroxylation is 1. The molecule has 3 heteroatoms. The van der Waals surface area contributed by atoms with Crippen molar-refractivity contribution >= 4 is 12.2 Å². The topological polar surface area (TPSA) is 20.7 Å². The van der Waals surface area contributed by atoms with Crippen molar-refractivity contribution in [1.82, 2.24) is 9.55 Å². The number of H-pyrrole nitrogens is 1. The van der Waals surface area contributed by atoms with Gasteiger partial charge in [-0.05, 0) is 31.0 Å². The lowest BCUT2D eigenvalue weighted by Gasteiger charge is -2.16. The molecule has 0 saturated heterocycles. The zero-order chi connectivity index (χ0) is 10.0. The van der Waals surface area contributed by atoms with Gasteiger partial charge in [0.1, 0.15) is 0 Å². The van der Waals surface area contributed by atoms with Gasteiger partial charge in [-0.1, -0.05) is 20.8 Å². The molecule has 0 aliphatic heterocycles. The molecule has 1 aromatic rings. The molecular weight excluding hydrogens is 180 g/mol. The zero-order valence-corrected chi connectivity index (χ0v) is 9.61. The minimum absolute atomic E-state index is 0.668. The number of rotatable bonds is 3. The molecule has 0 aromatic carbocycles. The van der Waals surface area contributed by atoms with E-state index < -0.39 is 0 Å². The van der Waals surface area contributed by atoms with E-state index in [0.29, 0.717) is 11.8 Å². The van der Waals surface area contributed by atoms with E-state index >= 15 is 0 Å². The largest absolute Gasteiger partial charge is 0.337 e. The summed E-state index contributed by atoms with van der Waals surface area (Å²) in [5, 5.41) is 0. The Balaban J connectivity index is 2.79. The lowest BCUT2D eigenvalue weighted by atomic mass is 9.98. The van der Waals surface area contributed by atoms with Crippen LogP contribution in [0, 0.1) is 23.5 Å². The predicted molar refractivity (Wildman–Crippen MR) is 58.4 cm³/mol.